The molecule has 3 aromatic rings. The van der Waals surface area contributed by atoms with Crippen molar-refractivity contribution in [3.63, 3.8) is 0 Å². The average Bonchev–Trinajstić information content (AvgIpc) is 3.07. The van der Waals surface area contributed by atoms with Crippen LogP contribution in [0.4, 0.5) is 5.88 Å². The van der Waals surface area contributed by atoms with Gasteiger partial charge in [0.25, 0.3) is 0 Å². The SMILES string of the molecule is CC(C)Oc1cccc(-c2noc(N)c2-c2cccs2)c1. The summed E-state index contributed by atoms with van der Waals surface area (Å²) in [4.78, 5) is 1.04. The van der Waals surface area contributed by atoms with Gasteiger partial charge in [0.1, 0.15) is 11.4 Å². The van der Waals surface area contributed by atoms with E-state index in [4.69, 9.17) is 15.0 Å². The van der Waals surface area contributed by atoms with Crippen LogP contribution in [0.15, 0.2) is 46.3 Å². The summed E-state index contributed by atoms with van der Waals surface area (Å²) in [5.41, 5.74) is 8.44. The van der Waals surface area contributed by atoms with Crippen molar-refractivity contribution in [2.75, 3.05) is 5.73 Å². The van der Waals surface area contributed by atoms with Crippen LogP contribution in [-0.4, -0.2) is 11.3 Å². The molecule has 2 aromatic heterocycles. The Labute approximate surface area is 127 Å². The minimum absolute atomic E-state index is 0.124. The van der Waals surface area contributed by atoms with Crippen molar-refractivity contribution < 1.29 is 9.26 Å². The first-order valence-electron chi connectivity index (χ1n) is 6.71. The molecule has 0 saturated heterocycles. The van der Waals surface area contributed by atoms with Crippen molar-refractivity contribution in [2.45, 2.75) is 20.0 Å². The standard InChI is InChI=1S/C16H16N2O2S/c1-10(2)19-12-6-3-5-11(9-12)15-14(16(17)20-18-15)13-7-4-8-21-13/h3-10H,17H2,1-2H3. The second kappa shape index (κ2) is 5.61. The molecule has 2 heterocycles. The lowest BCUT2D eigenvalue weighted by Crippen LogP contribution is -2.05. The quantitative estimate of drug-likeness (QED) is 0.773. The van der Waals surface area contributed by atoms with Crippen LogP contribution in [-0.2, 0) is 0 Å². The normalized spacial score (nSPS) is 11.0. The van der Waals surface area contributed by atoms with Gasteiger partial charge in [0.2, 0.25) is 5.88 Å². The van der Waals surface area contributed by atoms with Crippen LogP contribution in [0.1, 0.15) is 13.8 Å². The lowest BCUT2D eigenvalue weighted by Gasteiger charge is -2.10. The molecule has 0 fully saturated rings. The highest BCUT2D eigenvalue weighted by molar-refractivity contribution is 7.13. The zero-order valence-corrected chi connectivity index (χ0v) is 12.7. The number of nitrogens with two attached hydrogens (primary N) is 1. The van der Waals surface area contributed by atoms with Crippen molar-refractivity contribution in [1.82, 2.24) is 5.16 Å². The second-order valence-electron chi connectivity index (χ2n) is 4.94. The largest absolute Gasteiger partial charge is 0.491 e. The number of thiophene rings is 1. The van der Waals surface area contributed by atoms with Gasteiger partial charge < -0.3 is 15.0 Å². The van der Waals surface area contributed by atoms with Gasteiger partial charge in [0.15, 0.2) is 0 Å². The Hall–Kier alpha value is -2.27. The molecular formula is C16H16N2O2S. The summed E-state index contributed by atoms with van der Waals surface area (Å²) >= 11 is 1.61. The Morgan fingerprint density at radius 1 is 1.24 bits per heavy atom. The Balaban J connectivity index is 2.06. The molecule has 0 atom stereocenters. The Morgan fingerprint density at radius 3 is 2.81 bits per heavy atom. The molecule has 21 heavy (non-hydrogen) atoms. The predicted octanol–water partition coefficient (Wildman–Crippen LogP) is 4.44. The Morgan fingerprint density at radius 2 is 2.10 bits per heavy atom. The summed E-state index contributed by atoms with van der Waals surface area (Å²) in [7, 11) is 0. The lowest BCUT2D eigenvalue weighted by atomic mass is 10.1. The van der Waals surface area contributed by atoms with Gasteiger partial charge in [-0.3, -0.25) is 0 Å². The molecule has 0 unspecified atom stereocenters. The molecule has 0 saturated carbocycles. The molecule has 0 aliphatic heterocycles. The van der Waals surface area contributed by atoms with E-state index in [0.717, 1.165) is 27.4 Å². The lowest BCUT2D eigenvalue weighted by molar-refractivity contribution is 0.242. The molecular weight excluding hydrogens is 284 g/mol. The fourth-order valence-corrected chi connectivity index (χ4v) is 2.92. The summed E-state index contributed by atoms with van der Waals surface area (Å²) in [6.45, 7) is 4.00. The van der Waals surface area contributed by atoms with E-state index in [9.17, 15) is 0 Å². The zero-order chi connectivity index (χ0) is 14.8. The Bertz CT molecular complexity index is 733. The minimum Gasteiger partial charge on any atom is -0.491 e. The molecule has 0 aliphatic carbocycles. The first-order chi connectivity index (χ1) is 10.1. The van der Waals surface area contributed by atoms with Crippen LogP contribution in [0.25, 0.3) is 21.7 Å². The smallest absolute Gasteiger partial charge is 0.231 e. The number of nitrogens with zero attached hydrogens (tertiary/aromatic N) is 1. The molecule has 108 valence electrons. The van der Waals surface area contributed by atoms with Gasteiger partial charge in [-0.1, -0.05) is 23.4 Å². The number of anilines is 1. The van der Waals surface area contributed by atoms with E-state index in [-0.39, 0.29) is 6.10 Å². The number of ether oxygens (including phenoxy) is 1. The molecule has 1 aromatic carbocycles. The molecule has 0 radical (unpaired) electrons. The van der Waals surface area contributed by atoms with Gasteiger partial charge >= 0.3 is 0 Å². The number of rotatable bonds is 4. The van der Waals surface area contributed by atoms with Crippen molar-refractivity contribution in [2.24, 2.45) is 0 Å². The van der Waals surface area contributed by atoms with E-state index >= 15 is 0 Å². The highest BCUT2D eigenvalue weighted by Gasteiger charge is 2.18. The third kappa shape index (κ3) is 2.78. The van der Waals surface area contributed by atoms with Crippen LogP contribution in [0, 0.1) is 0 Å². The van der Waals surface area contributed by atoms with E-state index in [2.05, 4.69) is 5.16 Å². The van der Waals surface area contributed by atoms with Gasteiger partial charge in [-0.05, 0) is 37.4 Å². The maximum atomic E-state index is 5.93. The van der Waals surface area contributed by atoms with E-state index < -0.39 is 0 Å². The summed E-state index contributed by atoms with van der Waals surface area (Å²) in [6.07, 6.45) is 0.124. The molecule has 0 spiro atoms. The zero-order valence-electron chi connectivity index (χ0n) is 11.9. The topological polar surface area (TPSA) is 61.3 Å². The number of hydrogen-bond donors (Lipinski definition) is 1. The van der Waals surface area contributed by atoms with Crippen LogP contribution >= 0.6 is 11.3 Å². The molecule has 4 nitrogen and oxygen atoms in total. The highest BCUT2D eigenvalue weighted by atomic mass is 32.1. The molecule has 2 N–H and O–H groups in total. The van der Waals surface area contributed by atoms with E-state index in [1.807, 2.05) is 55.6 Å². The first-order valence-corrected chi connectivity index (χ1v) is 7.59. The van der Waals surface area contributed by atoms with E-state index in [1.165, 1.54) is 0 Å². The highest BCUT2D eigenvalue weighted by Crippen LogP contribution is 2.39. The number of nitrogen functional groups attached to an aromatic ring is 1. The van der Waals surface area contributed by atoms with Crippen LogP contribution in [0.3, 0.4) is 0 Å². The summed E-state index contributed by atoms with van der Waals surface area (Å²) in [5.74, 6) is 1.14. The molecule has 0 aliphatic rings. The molecule has 3 rings (SSSR count). The molecule has 0 bridgehead atoms. The second-order valence-corrected chi connectivity index (χ2v) is 5.89. The van der Waals surface area contributed by atoms with Crippen LogP contribution in [0.2, 0.25) is 0 Å². The van der Waals surface area contributed by atoms with Gasteiger partial charge in [-0.15, -0.1) is 11.3 Å². The van der Waals surface area contributed by atoms with Crippen molar-refractivity contribution >= 4 is 17.2 Å². The van der Waals surface area contributed by atoms with E-state index in [0.29, 0.717) is 5.88 Å². The summed E-state index contributed by atoms with van der Waals surface area (Å²) < 4.78 is 10.9. The third-order valence-electron chi connectivity index (χ3n) is 2.97. The maximum Gasteiger partial charge on any atom is 0.231 e. The van der Waals surface area contributed by atoms with Crippen molar-refractivity contribution in [3.05, 3.63) is 41.8 Å². The van der Waals surface area contributed by atoms with Crippen molar-refractivity contribution in [3.8, 4) is 27.4 Å². The van der Waals surface area contributed by atoms with Gasteiger partial charge in [0, 0.05) is 10.4 Å². The van der Waals surface area contributed by atoms with Gasteiger partial charge in [-0.2, -0.15) is 0 Å². The summed E-state index contributed by atoms with van der Waals surface area (Å²) in [6, 6.07) is 11.8. The Kier molecular flexibility index (Phi) is 3.66. The fourth-order valence-electron chi connectivity index (χ4n) is 2.15. The van der Waals surface area contributed by atoms with E-state index in [1.54, 1.807) is 11.3 Å². The molecule has 5 heteroatoms. The number of aromatic nitrogens is 1. The number of hydrogen-bond acceptors (Lipinski definition) is 5. The fraction of sp³-hybridized carbons (Fsp3) is 0.188. The van der Waals surface area contributed by atoms with Crippen LogP contribution in [0.5, 0.6) is 5.75 Å². The predicted molar refractivity (Wildman–Crippen MR) is 85.4 cm³/mol. The van der Waals surface area contributed by atoms with Crippen molar-refractivity contribution in [1.29, 1.82) is 0 Å². The third-order valence-corrected chi connectivity index (χ3v) is 3.85. The summed E-state index contributed by atoms with van der Waals surface area (Å²) in [5, 5.41) is 6.12. The van der Waals surface area contributed by atoms with Gasteiger partial charge in [-0.25, -0.2) is 0 Å². The number of benzene rings is 1. The first kappa shape index (κ1) is 13.7. The van der Waals surface area contributed by atoms with Crippen LogP contribution < -0.4 is 10.5 Å². The van der Waals surface area contributed by atoms with Gasteiger partial charge in [0.05, 0.1) is 11.7 Å². The minimum atomic E-state index is 0.124. The average molecular weight is 300 g/mol. The molecule has 0 amide bonds. The maximum absolute atomic E-state index is 5.93. The monoisotopic (exact) mass is 300 g/mol.